The zero-order valence-corrected chi connectivity index (χ0v) is 11.2. The number of hydrogen-bond acceptors (Lipinski definition) is 3. The van der Waals surface area contributed by atoms with E-state index in [0.717, 1.165) is 19.5 Å². The van der Waals surface area contributed by atoms with Gasteiger partial charge < -0.3 is 15.0 Å². The molecular formula is C13H24N2O2. The van der Waals surface area contributed by atoms with Crippen molar-refractivity contribution in [2.75, 3.05) is 19.6 Å². The van der Waals surface area contributed by atoms with Crippen LogP contribution in [0.5, 0.6) is 0 Å². The van der Waals surface area contributed by atoms with Crippen LogP contribution in [0.3, 0.4) is 0 Å². The van der Waals surface area contributed by atoms with Gasteiger partial charge in [-0.1, -0.05) is 0 Å². The second-order valence-corrected chi connectivity index (χ2v) is 5.96. The van der Waals surface area contributed by atoms with Crippen LogP contribution in [0.4, 0.5) is 0 Å². The predicted octanol–water partition coefficient (Wildman–Crippen LogP) is 1.15. The summed E-state index contributed by atoms with van der Waals surface area (Å²) in [6, 6.07) is 0.392. The molecule has 0 aliphatic carbocycles. The summed E-state index contributed by atoms with van der Waals surface area (Å²) in [6.45, 7) is 8.64. The van der Waals surface area contributed by atoms with E-state index >= 15 is 0 Å². The number of rotatable bonds is 2. The molecule has 2 atom stereocenters. The Labute approximate surface area is 104 Å². The second-order valence-electron chi connectivity index (χ2n) is 5.96. The summed E-state index contributed by atoms with van der Waals surface area (Å²) >= 11 is 0. The molecule has 0 radical (unpaired) electrons. The minimum Gasteiger partial charge on any atom is -0.369 e. The lowest BCUT2D eigenvalue weighted by molar-refractivity contribution is -0.158. The van der Waals surface area contributed by atoms with Crippen molar-refractivity contribution in [2.45, 2.75) is 57.8 Å². The average Bonchev–Trinajstić information content (AvgIpc) is 2.67. The van der Waals surface area contributed by atoms with Crippen LogP contribution in [-0.2, 0) is 9.53 Å². The molecule has 0 spiro atoms. The molecule has 98 valence electrons. The van der Waals surface area contributed by atoms with Gasteiger partial charge in [-0.3, -0.25) is 4.79 Å². The van der Waals surface area contributed by atoms with Gasteiger partial charge in [0.2, 0.25) is 5.91 Å². The van der Waals surface area contributed by atoms with Crippen molar-refractivity contribution >= 4 is 5.91 Å². The predicted molar refractivity (Wildman–Crippen MR) is 66.8 cm³/mol. The summed E-state index contributed by atoms with van der Waals surface area (Å²) in [5, 5.41) is 3.38. The van der Waals surface area contributed by atoms with E-state index in [1.165, 1.54) is 6.42 Å². The van der Waals surface area contributed by atoms with Crippen molar-refractivity contribution in [3.8, 4) is 0 Å². The van der Waals surface area contributed by atoms with Gasteiger partial charge >= 0.3 is 0 Å². The van der Waals surface area contributed by atoms with Crippen LogP contribution < -0.4 is 5.32 Å². The minimum atomic E-state index is -0.212. The fourth-order valence-electron chi connectivity index (χ4n) is 2.91. The lowest BCUT2D eigenvalue weighted by atomic mass is 10.0. The van der Waals surface area contributed by atoms with Crippen molar-refractivity contribution in [1.29, 1.82) is 0 Å². The molecule has 2 fully saturated rings. The van der Waals surface area contributed by atoms with E-state index in [-0.39, 0.29) is 17.6 Å². The molecular weight excluding hydrogens is 216 g/mol. The Hall–Kier alpha value is -0.610. The summed E-state index contributed by atoms with van der Waals surface area (Å²) in [5.41, 5.74) is -0.212. The molecule has 4 nitrogen and oxygen atoms in total. The van der Waals surface area contributed by atoms with Gasteiger partial charge in [-0.25, -0.2) is 0 Å². The monoisotopic (exact) mass is 240 g/mol. The molecule has 2 unspecified atom stereocenters. The van der Waals surface area contributed by atoms with Crippen molar-refractivity contribution in [3.63, 3.8) is 0 Å². The Bertz CT molecular complexity index is 285. The molecule has 2 rings (SSSR count). The first-order valence-electron chi connectivity index (χ1n) is 6.65. The zero-order valence-electron chi connectivity index (χ0n) is 11.2. The molecule has 2 aliphatic heterocycles. The summed E-state index contributed by atoms with van der Waals surface area (Å²) in [7, 11) is 0. The van der Waals surface area contributed by atoms with Gasteiger partial charge in [0.15, 0.2) is 0 Å². The van der Waals surface area contributed by atoms with Gasteiger partial charge in [-0.2, -0.15) is 0 Å². The maximum absolute atomic E-state index is 12.2. The van der Waals surface area contributed by atoms with Crippen LogP contribution in [0.1, 0.15) is 40.0 Å². The van der Waals surface area contributed by atoms with E-state index in [0.29, 0.717) is 19.0 Å². The molecule has 0 aromatic heterocycles. The topological polar surface area (TPSA) is 41.6 Å². The minimum absolute atomic E-state index is 0.138. The molecule has 1 N–H and O–H groups in total. The number of amides is 1. The largest absolute Gasteiger partial charge is 0.369 e. The summed E-state index contributed by atoms with van der Waals surface area (Å²) in [6.07, 6.45) is 3.11. The third kappa shape index (κ3) is 3.42. The molecule has 2 saturated heterocycles. The van der Waals surface area contributed by atoms with Crippen molar-refractivity contribution in [3.05, 3.63) is 0 Å². The number of morpholine rings is 1. The Balaban J connectivity index is 1.89. The molecule has 0 bridgehead atoms. The van der Waals surface area contributed by atoms with E-state index in [4.69, 9.17) is 4.74 Å². The summed E-state index contributed by atoms with van der Waals surface area (Å²) in [5.74, 6) is 0.271. The van der Waals surface area contributed by atoms with Gasteiger partial charge in [-0.05, 0) is 40.2 Å². The van der Waals surface area contributed by atoms with Crippen LogP contribution in [-0.4, -0.2) is 48.2 Å². The highest BCUT2D eigenvalue weighted by atomic mass is 16.5. The van der Waals surface area contributed by atoms with E-state index in [9.17, 15) is 4.79 Å². The molecule has 2 heterocycles. The fraction of sp³-hybridized carbons (Fsp3) is 0.923. The van der Waals surface area contributed by atoms with Crippen LogP contribution in [0.25, 0.3) is 0 Å². The molecule has 0 aromatic rings. The van der Waals surface area contributed by atoms with Crippen LogP contribution in [0.2, 0.25) is 0 Å². The maximum atomic E-state index is 12.2. The standard InChI is InChI=1S/C13H24N2O2/c1-10-8-15(9-13(2,3)17-10)12(16)7-11-5-4-6-14-11/h10-11,14H,4-9H2,1-3H3. The van der Waals surface area contributed by atoms with Gasteiger partial charge in [0.25, 0.3) is 0 Å². The van der Waals surface area contributed by atoms with Gasteiger partial charge in [0.05, 0.1) is 11.7 Å². The fourth-order valence-corrected chi connectivity index (χ4v) is 2.91. The number of hydrogen-bond donors (Lipinski definition) is 1. The van der Waals surface area contributed by atoms with Gasteiger partial charge in [-0.15, -0.1) is 0 Å². The first kappa shape index (κ1) is 12.8. The Morgan fingerprint density at radius 2 is 2.29 bits per heavy atom. The first-order chi connectivity index (χ1) is 7.96. The van der Waals surface area contributed by atoms with E-state index in [1.54, 1.807) is 0 Å². The Kier molecular flexibility index (Phi) is 3.73. The zero-order chi connectivity index (χ0) is 12.5. The van der Waals surface area contributed by atoms with Crippen LogP contribution >= 0.6 is 0 Å². The maximum Gasteiger partial charge on any atom is 0.224 e. The molecule has 17 heavy (non-hydrogen) atoms. The summed E-state index contributed by atoms with van der Waals surface area (Å²) < 4.78 is 5.81. The van der Waals surface area contributed by atoms with Crippen molar-refractivity contribution in [2.24, 2.45) is 0 Å². The highest BCUT2D eigenvalue weighted by Crippen LogP contribution is 2.22. The SMILES string of the molecule is CC1CN(C(=O)CC2CCCN2)CC(C)(C)O1. The number of nitrogens with zero attached hydrogens (tertiary/aromatic N) is 1. The number of carbonyl (C=O) groups excluding carboxylic acids is 1. The van der Waals surface area contributed by atoms with Gasteiger partial charge in [0.1, 0.15) is 0 Å². The summed E-state index contributed by atoms with van der Waals surface area (Å²) in [4.78, 5) is 14.2. The second kappa shape index (κ2) is 4.94. The smallest absolute Gasteiger partial charge is 0.224 e. The highest BCUT2D eigenvalue weighted by Gasteiger charge is 2.34. The average molecular weight is 240 g/mol. The highest BCUT2D eigenvalue weighted by molar-refractivity contribution is 5.77. The lowest BCUT2D eigenvalue weighted by Gasteiger charge is -2.42. The Morgan fingerprint density at radius 3 is 2.88 bits per heavy atom. The number of nitrogens with one attached hydrogen (secondary N) is 1. The van der Waals surface area contributed by atoms with Crippen molar-refractivity contribution < 1.29 is 9.53 Å². The third-order valence-corrected chi connectivity index (χ3v) is 3.51. The van der Waals surface area contributed by atoms with E-state index in [2.05, 4.69) is 19.2 Å². The molecule has 4 heteroatoms. The lowest BCUT2D eigenvalue weighted by Crippen LogP contribution is -2.54. The quantitative estimate of drug-likeness (QED) is 0.787. The van der Waals surface area contributed by atoms with Crippen molar-refractivity contribution in [1.82, 2.24) is 10.2 Å². The van der Waals surface area contributed by atoms with E-state index < -0.39 is 0 Å². The van der Waals surface area contributed by atoms with Gasteiger partial charge in [0, 0.05) is 25.6 Å². The molecule has 2 aliphatic rings. The molecule has 0 aromatic carbocycles. The number of ether oxygens (including phenoxy) is 1. The van der Waals surface area contributed by atoms with Crippen LogP contribution in [0.15, 0.2) is 0 Å². The Morgan fingerprint density at radius 1 is 1.53 bits per heavy atom. The first-order valence-corrected chi connectivity index (χ1v) is 6.65. The molecule has 1 amide bonds. The molecule has 0 saturated carbocycles. The third-order valence-electron chi connectivity index (χ3n) is 3.51. The van der Waals surface area contributed by atoms with E-state index in [1.807, 2.05) is 11.8 Å². The number of carbonyl (C=O) groups is 1. The van der Waals surface area contributed by atoms with Crippen LogP contribution in [0, 0.1) is 0 Å². The normalized spacial score (nSPS) is 32.8.